The van der Waals surface area contributed by atoms with E-state index >= 15 is 0 Å². The fourth-order valence-corrected chi connectivity index (χ4v) is 2.48. The molecule has 0 saturated heterocycles. The van der Waals surface area contributed by atoms with Crippen molar-refractivity contribution in [2.45, 2.75) is 6.42 Å². The van der Waals surface area contributed by atoms with E-state index in [0.29, 0.717) is 5.04 Å². The zero-order valence-electron chi connectivity index (χ0n) is 9.07. The van der Waals surface area contributed by atoms with Gasteiger partial charge in [-0.05, 0) is 11.7 Å². The van der Waals surface area contributed by atoms with Gasteiger partial charge in [-0.15, -0.1) is 0 Å². The summed E-state index contributed by atoms with van der Waals surface area (Å²) in [5.41, 5.74) is 4.84. The molecule has 0 bridgehead atoms. The quantitative estimate of drug-likeness (QED) is 0.534. The second-order valence-corrected chi connectivity index (χ2v) is 6.00. The van der Waals surface area contributed by atoms with Gasteiger partial charge in [0.15, 0.2) is 6.61 Å². The predicted molar refractivity (Wildman–Crippen MR) is 62.3 cm³/mol. The van der Waals surface area contributed by atoms with Gasteiger partial charge in [0.2, 0.25) is 0 Å². The van der Waals surface area contributed by atoms with Crippen LogP contribution in [0.25, 0.3) is 0 Å². The van der Waals surface area contributed by atoms with E-state index in [9.17, 15) is 9.59 Å². The van der Waals surface area contributed by atoms with Crippen LogP contribution >= 0.6 is 10.2 Å². The minimum Gasteiger partial charge on any atom is -0.481 e. The average molecular weight is 260 g/mol. The Morgan fingerprint density at radius 3 is 2.94 bits per heavy atom. The third kappa shape index (κ3) is 3.87. The first-order valence-corrected chi connectivity index (χ1v) is 6.56. The monoisotopic (exact) mass is 260 g/mol. The van der Waals surface area contributed by atoms with Gasteiger partial charge in [0.05, 0.1) is 11.5 Å². The Balaban J connectivity index is 2.61. The number of carbonyl (C=O) groups is 2. The summed E-state index contributed by atoms with van der Waals surface area (Å²) in [7, 11) is -1.87. The number of primary amides is 1. The highest BCUT2D eigenvalue weighted by Crippen LogP contribution is 2.53. The van der Waals surface area contributed by atoms with Crippen LogP contribution in [-0.4, -0.2) is 34.9 Å². The van der Waals surface area contributed by atoms with Crippen LogP contribution < -0.4 is 5.73 Å². The van der Waals surface area contributed by atoms with E-state index in [1.165, 1.54) is 6.20 Å². The Bertz CT molecular complexity index is 420. The lowest BCUT2D eigenvalue weighted by molar-refractivity contribution is -0.135. The molecule has 0 aromatic carbocycles. The first-order chi connectivity index (χ1) is 7.94. The van der Waals surface area contributed by atoms with Crippen molar-refractivity contribution in [3.05, 3.63) is 11.6 Å². The minimum atomic E-state index is -1.87. The van der Waals surface area contributed by atoms with Crippen molar-refractivity contribution in [3.8, 4) is 0 Å². The van der Waals surface area contributed by atoms with Crippen molar-refractivity contribution >= 4 is 27.1 Å². The maximum atomic E-state index is 10.6. The van der Waals surface area contributed by atoms with Crippen LogP contribution in [0, 0.1) is 0 Å². The smallest absolute Gasteiger partial charge is 0.310 e. The molecule has 0 fully saturated rings. The number of rotatable bonds is 6. The van der Waals surface area contributed by atoms with E-state index in [2.05, 4.69) is 19.6 Å². The molecule has 1 aliphatic rings. The molecule has 1 amide bonds. The minimum absolute atomic E-state index is 0.201. The van der Waals surface area contributed by atoms with Crippen LogP contribution in [0.4, 0.5) is 0 Å². The van der Waals surface area contributed by atoms with Crippen LogP contribution in [-0.2, 0) is 14.4 Å². The summed E-state index contributed by atoms with van der Waals surface area (Å²) < 4.78 is 3.86. The highest BCUT2D eigenvalue weighted by Gasteiger charge is 2.27. The molecule has 0 saturated carbocycles. The molecule has 0 aliphatic carbocycles. The molecule has 1 atom stereocenters. The third-order valence-electron chi connectivity index (χ3n) is 1.79. The Hall–Kier alpha value is -1.90. The normalized spacial score (nSPS) is 26.5. The molecule has 1 unspecified atom stereocenters. The molecule has 0 aromatic heterocycles. The highest BCUT2D eigenvalue weighted by atomic mass is 32.3. The fourth-order valence-electron chi connectivity index (χ4n) is 0.998. The number of carboxylic acid groups (broad SMARTS) is 1. The van der Waals surface area contributed by atoms with Gasteiger partial charge in [-0.25, -0.2) is 0 Å². The lowest BCUT2D eigenvalue weighted by Gasteiger charge is -2.21. The molecular weight excluding hydrogens is 248 g/mol. The first kappa shape index (κ1) is 13.2. The van der Waals surface area contributed by atoms with Gasteiger partial charge in [-0.3, -0.25) is 14.6 Å². The van der Waals surface area contributed by atoms with Gasteiger partial charge in [0.1, 0.15) is 0 Å². The lowest BCUT2D eigenvalue weighted by Crippen LogP contribution is -2.16. The second-order valence-electron chi connectivity index (χ2n) is 3.22. The molecule has 1 rings (SSSR count). The zero-order valence-corrected chi connectivity index (χ0v) is 9.88. The van der Waals surface area contributed by atoms with E-state index < -0.39 is 22.1 Å². The number of hydrogen-bond donors (Lipinski definition) is 2. The van der Waals surface area contributed by atoms with Crippen molar-refractivity contribution in [2.24, 2.45) is 20.5 Å². The van der Waals surface area contributed by atoms with Gasteiger partial charge in [0, 0.05) is 11.5 Å². The number of amides is 1. The number of nitrogens with two attached hydrogens (primary N) is 1. The number of hydrogen-bond acceptors (Lipinski definition) is 6. The molecule has 0 aromatic rings. The maximum absolute atomic E-state index is 10.6. The van der Waals surface area contributed by atoms with Gasteiger partial charge in [-0.2, -0.15) is 0 Å². The zero-order chi connectivity index (χ0) is 12.9. The van der Waals surface area contributed by atoms with Crippen LogP contribution in [0.3, 0.4) is 0 Å². The highest BCUT2D eigenvalue weighted by molar-refractivity contribution is 8.46. The van der Waals surface area contributed by atoms with Crippen LogP contribution in [0.2, 0.25) is 0 Å². The van der Waals surface area contributed by atoms with Gasteiger partial charge >= 0.3 is 5.97 Å². The Morgan fingerprint density at radius 2 is 2.35 bits per heavy atom. The van der Waals surface area contributed by atoms with Crippen molar-refractivity contribution in [1.29, 1.82) is 0 Å². The number of nitrogens with zero attached hydrogens (tertiary/aromatic N) is 3. The predicted octanol–water partition coefficient (Wildman–Crippen LogP) is 0.563. The SMILES string of the molecule is CS1(N=NOCC(N)=O)C=CN=C1CC(=O)O. The standard InChI is InChI=1S/C8H12N4O4S/c1-17(12-11-16-5-6(9)13)3-2-10-7(17)4-8(14)15/h2-3H,4-5H2,1H3,(H2,9,13)(H,14,15). The van der Waals surface area contributed by atoms with Crippen LogP contribution in [0.1, 0.15) is 6.42 Å². The number of aliphatic imine (C=N–C) groups is 1. The summed E-state index contributed by atoms with van der Waals surface area (Å²) in [6.07, 6.45) is 3.00. The molecule has 3 N–H and O–H groups in total. The third-order valence-corrected chi connectivity index (χ3v) is 4.05. The Kier molecular flexibility index (Phi) is 4.21. The molecule has 94 valence electrons. The molecule has 8 nitrogen and oxygen atoms in total. The lowest BCUT2D eigenvalue weighted by atomic mass is 10.5. The topological polar surface area (TPSA) is 127 Å². The second kappa shape index (κ2) is 5.43. The summed E-state index contributed by atoms with van der Waals surface area (Å²) >= 11 is 0. The van der Waals surface area contributed by atoms with Gasteiger partial charge in [0.25, 0.3) is 5.91 Å². The van der Waals surface area contributed by atoms with Crippen molar-refractivity contribution in [2.75, 3.05) is 12.9 Å². The molecule has 0 radical (unpaired) electrons. The van der Waals surface area contributed by atoms with Crippen molar-refractivity contribution in [1.82, 2.24) is 0 Å². The van der Waals surface area contributed by atoms with E-state index in [-0.39, 0.29) is 13.0 Å². The molecule has 17 heavy (non-hydrogen) atoms. The molecule has 1 heterocycles. The summed E-state index contributed by atoms with van der Waals surface area (Å²) in [5, 5.41) is 14.1. The fraction of sp³-hybridized carbons (Fsp3) is 0.375. The summed E-state index contributed by atoms with van der Waals surface area (Å²) in [6, 6.07) is 0. The summed E-state index contributed by atoms with van der Waals surface area (Å²) in [5.74, 6) is -1.65. The molecule has 1 aliphatic heterocycles. The summed E-state index contributed by atoms with van der Waals surface area (Å²) in [4.78, 5) is 29.5. The molecule has 0 spiro atoms. The van der Waals surface area contributed by atoms with E-state index in [1.807, 2.05) is 0 Å². The van der Waals surface area contributed by atoms with Gasteiger partial charge < -0.3 is 15.7 Å². The Morgan fingerprint density at radius 1 is 1.65 bits per heavy atom. The largest absolute Gasteiger partial charge is 0.481 e. The number of carbonyl (C=O) groups excluding carboxylic acids is 1. The maximum Gasteiger partial charge on any atom is 0.310 e. The first-order valence-electron chi connectivity index (χ1n) is 4.50. The molecular formula is C8H12N4O4S. The number of aliphatic carboxylic acids is 1. The van der Waals surface area contributed by atoms with E-state index in [4.69, 9.17) is 10.8 Å². The van der Waals surface area contributed by atoms with E-state index in [1.54, 1.807) is 11.7 Å². The van der Waals surface area contributed by atoms with Crippen LogP contribution in [0.15, 0.2) is 26.4 Å². The average Bonchev–Trinajstić information content (AvgIpc) is 2.55. The van der Waals surface area contributed by atoms with Crippen LogP contribution in [0.5, 0.6) is 0 Å². The summed E-state index contributed by atoms with van der Waals surface area (Å²) in [6.45, 7) is -0.367. The molecule has 9 heteroatoms. The van der Waals surface area contributed by atoms with Gasteiger partial charge in [-0.1, -0.05) is 14.7 Å². The van der Waals surface area contributed by atoms with Crippen molar-refractivity contribution < 1.29 is 19.5 Å². The number of carboxylic acids is 1. The Labute approximate surface area is 98.7 Å². The van der Waals surface area contributed by atoms with Crippen molar-refractivity contribution in [3.63, 3.8) is 0 Å². The van der Waals surface area contributed by atoms with E-state index in [0.717, 1.165) is 0 Å².